The van der Waals surface area contributed by atoms with Gasteiger partial charge in [0.25, 0.3) is 0 Å². The lowest BCUT2D eigenvalue weighted by atomic mass is 10.3. The van der Waals surface area contributed by atoms with Crippen LogP contribution in [0, 0.1) is 0 Å². The van der Waals surface area contributed by atoms with Gasteiger partial charge in [-0.2, -0.15) is 0 Å². The van der Waals surface area contributed by atoms with E-state index in [2.05, 4.69) is 12.3 Å². The summed E-state index contributed by atoms with van der Waals surface area (Å²) in [6, 6.07) is 0. The first-order valence-electron chi connectivity index (χ1n) is 2.30. The number of allylic oxidation sites excluding steroid dienone is 3. The normalized spacial score (nSPS) is 10.3. The van der Waals surface area contributed by atoms with E-state index in [0.717, 1.165) is 0 Å². The van der Waals surface area contributed by atoms with E-state index in [0.29, 0.717) is 0 Å². The molecule has 0 spiro atoms. The fourth-order valence-electron chi connectivity index (χ4n) is 0.244. The van der Waals surface area contributed by atoms with Crippen LogP contribution >= 0.6 is 0 Å². The summed E-state index contributed by atoms with van der Waals surface area (Å²) >= 11 is 0. The molecule has 0 aromatic rings. The molecular formula is C7H10. The van der Waals surface area contributed by atoms with Gasteiger partial charge in [-0.15, -0.1) is 5.73 Å². The van der Waals surface area contributed by atoms with Gasteiger partial charge in [0.05, 0.1) is 0 Å². The predicted octanol–water partition coefficient (Wildman–Crippen LogP) is 2.29. The highest BCUT2D eigenvalue weighted by atomic mass is 13.7. The minimum atomic E-state index is 1.20. The van der Waals surface area contributed by atoms with Crippen molar-refractivity contribution in [1.82, 2.24) is 0 Å². The SMILES string of the molecule is C=C=CC(C)=CC. The summed E-state index contributed by atoms with van der Waals surface area (Å²) < 4.78 is 0. The molecule has 0 fully saturated rings. The molecule has 0 atom stereocenters. The van der Waals surface area contributed by atoms with Gasteiger partial charge >= 0.3 is 0 Å². The Bertz CT molecular complexity index is 112. The topological polar surface area (TPSA) is 0 Å². The Kier molecular flexibility index (Phi) is 3.09. The monoisotopic (exact) mass is 94.1 g/mol. The minimum Gasteiger partial charge on any atom is -0.128 e. The maximum absolute atomic E-state index is 3.43. The molecular weight excluding hydrogens is 84.1 g/mol. The van der Waals surface area contributed by atoms with E-state index in [1.165, 1.54) is 5.57 Å². The van der Waals surface area contributed by atoms with Crippen LogP contribution in [0.5, 0.6) is 0 Å². The molecule has 0 aliphatic heterocycles. The van der Waals surface area contributed by atoms with Crippen LogP contribution in [0.2, 0.25) is 0 Å². The molecule has 0 aromatic carbocycles. The van der Waals surface area contributed by atoms with Crippen molar-refractivity contribution in [2.45, 2.75) is 13.8 Å². The Balaban J connectivity index is 3.82. The summed E-state index contributed by atoms with van der Waals surface area (Å²) in [5.41, 5.74) is 3.88. The van der Waals surface area contributed by atoms with Crippen LogP contribution in [0.15, 0.2) is 30.0 Å². The Morgan fingerprint density at radius 3 is 2.43 bits per heavy atom. The lowest BCUT2D eigenvalue weighted by molar-refractivity contribution is 1.48. The van der Waals surface area contributed by atoms with Gasteiger partial charge in [-0.25, -0.2) is 0 Å². The maximum Gasteiger partial charge on any atom is -0.0180 e. The molecule has 0 amide bonds. The maximum atomic E-state index is 3.43. The summed E-state index contributed by atoms with van der Waals surface area (Å²) in [6.45, 7) is 7.43. The Morgan fingerprint density at radius 2 is 2.29 bits per heavy atom. The van der Waals surface area contributed by atoms with Crippen LogP contribution in [0.3, 0.4) is 0 Å². The van der Waals surface area contributed by atoms with Crippen molar-refractivity contribution >= 4 is 0 Å². The molecule has 0 aliphatic carbocycles. The van der Waals surface area contributed by atoms with Crippen molar-refractivity contribution < 1.29 is 0 Å². The first-order chi connectivity index (χ1) is 3.31. The van der Waals surface area contributed by atoms with Crippen LogP contribution in [0.1, 0.15) is 13.8 Å². The smallest absolute Gasteiger partial charge is 0.0180 e. The molecule has 0 radical (unpaired) electrons. The summed E-state index contributed by atoms with van der Waals surface area (Å²) in [5.74, 6) is 0. The van der Waals surface area contributed by atoms with Gasteiger partial charge in [-0.3, -0.25) is 0 Å². The van der Waals surface area contributed by atoms with E-state index in [-0.39, 0.29) is 0 Å². The van der Waals surface area contributed by atoms with Crippen LogP contribution in [-0.2, 0) is 0 Å². The zero-order valence-electron chi connectivity index (χ0n) is 4.86. The molecule has 0 bridgehead atoms. The van der Waals surface area contributed by atoms with Gasteiger partial charge in [0.15, 0.2) is 0 Å². The lowest BCUT2D eigenvalue weighted by Crippen LogP contribution is -1.58. The molecule has 0 N–H and O–H groups in total. The molecule has 7 heavy (non-hydrogen) atoms. The molecule has 0 heterocycles. The summed E-state index contributed by atoms with van der Waals surface area (Å²) in [4.78, 5) is 0. The number of rotatable bonds is 1. The van der Waals surface area contributed by atoms with E-state index in [1.807, 2.05) is 26.0 Å². The highest BCUT2D eigenvalue weighted by Gasteiger charge is 1.69. The lowest BCUT2D eigenvalue weighted by Gasteiger charge is -1.78. The highest BCUT2D eigenvalue weighted by molar-refractivity contribution is 5.12. The minimum absolute atomic E-state index is 1.20. The van der Waals surface area contributed by atoms with E-state index in [4.69, 9.17) is 0 Å². The standard InChI is InChI=1S/C7H10/c1-4-6-7(3)5-2/h5-6H,1H2,2-3H3. The summed E-state index contributed by atoms with van der Waals surface area (Å²) in [6.07, 6.45) is 3.86. The van der Waals surface area contributed by atoms with Crippen molar-refractivity contribution in [1.29, 1.82) is 0 Å². The molecule has 0 rings (SSSR count). The first kappa shape index (κ1) is 6.26. The Hall–Kier alpha value is -0.740. The molecule has 0 heteroatoms. The molecule has 38 valence electrons. The molecule has 0 aliphatic rings. The zero-order valence-corrected chi connectivity index (χ0v) is 4.86. The van der Waals surface area contributed by atoms with Crippen molar-refractivity contribution in [2.24, 2.45) is 0 Å². The molecule has 0 saturated heterocycles. The first-order valence-corrected chi connectivity index (χ1v) is 2.30. The van der Waals surface area contributed by atoms with Gasteiger partial charge in [-0.1, -0.05) is 12.7 Å². The fraction of sp³-hybridized carbons (Fsp3) is 0.286. The van der Waals surface area contributed by atoms with Crippen molar-refractivity contribution in [3.05, 3.63) is 30.0 Å². The third kappa shape index (κ3) is 3.08. The third-order valence-electron chi connectivity index (χ3n) is 0.785. The van der Waals surface area contributed by atoms with Crippen LogP contribution in [0.4, 0.5) is 0 Å². The molecule has 0 saturated carbocycles. The highest BCUT2D eigenvalue weighted by Crippen LogP contribution is 1.89. The largest absolute Gasteiger partial charge is 0.128 e. The van der Waals surface area contributed by atoms with E-state index in [9.17, 15) is 0 Å². The summed E-state index contributed by atoms with van der Waals surface area (Å²) in [7, 11) is 0. The average Bonchev–Trinajstić information content (AvgIpc) is 1.68. The fourth-order valence-corrected chi connectivity index (χ4v) is 0.244. The van der Waals surface area contributed by atoms with Gasteiger partial charge < -0.3 is 0 Å². The van der Waals surface area contributed by atoms with Crippen LogP contribution < -0.4 is 0 Å². The van der Waals surface area contributed by atoms with Crippen molar-refractivity contribution in [3.8, 4) is 0 Å². The molecule has 0 unspecified atom stereocenters. The Morgan fingerprint density at radius 1 is 1.71 bits per heavy atom. The van der Waals surface area contributed by atoms with E-state index in [1.54, 1.807) is 0 Å². The average molecular weight is 94.2 g/mol. The van der Waals surface area contributed by atoms with E-state index >= 15 is 0 Å². The van der Waals surface area contributed by atoms with Crippen LogP contribution in [0.25, 0.3) is 0 Å². The predicted molar refractivity (Wildman–Crippen MR) is 33.1 cm³/mol. The molecule has 0 nitrogen and oxygen atoms in total. The zero-order chi connectivity index (χ0) is 5.70. The second kappa shape index (κ2) is 3.45. The van der Waals surface area contributed by atoms with Gasteiger partial charge in [0, 0.05) is 0 Å². The van der Waals surface area contributed by atoms with Crippen molar-refractivity contribution in [2.75, 3.05) is 0 Å². The van der Waals surface area contributed by atoms with Crippen LogP contribution in [-0.4, -0.2) is 0 Å². The second-order valence-corrected chi connectivity index (χ2v) is 1.38. The number of hydrogen-bond acceptors (Lipinski definition) is 0. The van der Waals surface area contributed by atoms with Gasteiger partial charge in [0.1, 0.15) is 0 Å². The molecule has 0 aromatic heterocycles. The van der Waals surface area contributed by atoms with Crippen molar-refractivity contribution in [3.63, 3.8) is 0 Å². The van der Waals surface area contributed by atoms with Gasteiger partial charge in [-0.05, 0) is 25.5 Å². The Labute approximate surface area is 44.9 Å². The summed E-state index contributed by atoms with van der Waals surface area (Å²) in [5, 5.41) is 0. The quantitative estimate of drug-likeness (QED) is 0.345. The number of hydrogen-bond donors (Lipinski definition) is 0. The third-order valence-corrected chi connectivity index (χ3v) is 0.785. The van der Waals surface area contributed by atoms with Gasteiger partial charge in [0.2, 0.25) is 0 Å². The second-order valence-electron chi connectivity index (χ2n) is 1.38. The van der Waals surface area contributed by atoms with E-state index < -0.39 is 0 Å².